The Morgan fingerprint density at radius 2 is 1.41 bits per heavy atom. The van der Waals surface area contributed by atoms with Gasteiger partial charge in [-0.1, -0.05) is 71.8 Å². The van der Waals surface area contributed by atoms with Gasteiger partial charge in [-0.3, -0.25) is 14.5 Å². The molecule has 162 valence electrons. The molecule has 2 amide bonds. The molecule has 0 radical (unpaired) electrons. The van der Waals surface area contributed by atoms with Gasteiger partial charge in [0.15, 0.2) is 0 Å². The zero-order chi connectivity index (χ0) is 22.8. The molecule has 0 unspecified atom stereocenters. The number of hydrogen-bond acceptors (Lipinski definition) is 3. The van der Waals surface area contributed by atoms with E-state index in [1.165, 1.54) is 4.90 Å². The third-order valence-electron chi connectivity index (χ3n) is 5.93. The fraction of sp³-hybridized carbons (Fsp3) is 0.214. The lowest BCUT2D eigenvalue weighted by Gasteiger charge is -2.16. The Morgan fingerprint density at radius 1 is 0.750 bits per heavy atom. The first-order valence-electron chi connectivity index (χ1n) is 10.9. The highest BCUT2D eigenvalue weighted by atomic mass is 16.2. The Labute approximate surface area is 189 Å². The van der Waals surface area contributed by atoms with Crippen LogP contribution in [0.1, 0.15) is 33.4 Å². The number of carbonyl (C=O) groups is 2. The van der Waals surface area contributed by atoms with Gasteiger partial charge < -0.3 is 5.32 Å². The predicted molar refractivity (Wildman–Crippen MR) is 129 cm³/mol. The van der Waals surface area contributed by atoms with Crippen LogP contribution in [0.3, 0.4) is 0 Å². The average Bonchev–Trinajstić information content (AvgIpc) is 2.99. The SMILES string of the molecule is Cc1ccc(NC2=C(c3ccc(C)cc3C)C(=O)N(CCc3ccccc3)C2=O)c(C)c1. The summed E-state index contributed by atoms with van der Waals surface area (Å²) in [4.78, 5) is 28.4. The standard InChI is InChI=1S/C28H28N2O2/c1-18-10-12-23(20(3)16-18)25-26(29-24-13-11-19(2)17-21(24)4)28(32)30(27(25)31)15-14-22-8-6-5-7-9-22/h5-13,16-17,29H,14-15H2,1-4H3. The molecular weight excluding hydrogens is 396 g/mol. The Bertz CT molecular complexity index is 1230. The lowest BCUT2D eigenvalue weighted by molar-refractivity contribution is -0.136. The van der Waals surface area contributed by atoms with E-state index in [0.717, 1.165) is 39.1 Å². The van der Waals surface area contributed by atoms with Crippen molar-refractivity contribution in [2.45, 2.75) is 34.1 Å². The van der Waals surface area contributed by atoms with Gasteiger partial charge in [0.05, 0.1) is 5.57 Å². The van der Waals surface area contributed by atoms with Gasteiger partial charge in [-0.2, -0.15) is 0 Å². The molecule has 1 aliphatic heterocycles. The summed E-state index contributed by atoms with van der Waals surface area (Å²) in [5.74, 6) is -0.522. The molecule has 4 rings (SSSR count). The number of anilines is 1. The van der Waals surface area contributed by atoms with Gasteiger partial charge in [-0.05, 0) is 62.4 Å². The van der Waals surface area contributed by atoms with E-state index in [1.807, 2.05) is 88.4 Å². The molecule has 1 N–H and O–H groups in total. The van der Waals surface area contributed by atoms with Gasteiger partial charge in [0.25, 0.3) is 11.8 Å². The maximum Gasteiger partial charge on any atom is 0.278 e. The molecule has 0 saturated heterocycles. The van der Waals surface area contributed by atoms with E-state index in [2.05, 4.69) is 11.4 Å². The first-order chi connectivity index (χ1) is 15.3. The van der Waals surface area contributed by atoms with Gasteiger partial charge in [-0.25, -0.2) is 0 Å². The topological polar surface area (TPSA) is 49.4 Å². The molecule has 32 heavy (non-hydrogen) atoms. The summed E-state index contributed by atoms with van der Waals surface area (Å²) in [5.41, 5.74) is 7.79. The van der Waals surface area contributed by atoms with Gasteiger partial charge >= 0.3 is 0 Å². The fourth-order valence-electron chi connectivity index (χ4n) is 4.21. The molecule has 1 heterocycles. The third-order valence-corrected chi connectivity index (χ3v) is 5.93. The Morgan fingerprint density at radius 3 is 2.06 bits per heavy atom. The minimum absolute atomic E-state index is 0.245. The van der Waals surface area contributed by atoms with Crippen molar-refractivity contribution in [1.82, 2.24) is 4.90 Å². The lowest BCUT2D eigenvalue weighted by Crippen LogP contribution is -2.34. The van der Waals surface area contributed by atoms with Crippen LogP contribution in [0.5, 0.6) is 0 Å². The number of benzene rings is 3. The van der Waals surface area contributed by atoms with Crippen molar-refractivity contribution >= 4 is 23.1 Å². The largest absolute Gasteiger partial charge is 0.350 e. The molecule has 3 aromatic carbocycles. The Kier molecular flexibility index (Phi) is 5.95. The second-order valence-corrected chi connectivity index (χ2v) is 8.51. The van der Waals surface area contributed by atoms with Gasteiger partial charge in [0.1, 0.15) is 5.70 Å². The van der Waals surface area contributed by atoms with Crippen molar-refractivity contribution < 1.29 is 9.59 Å². The van der Waals surface area contributed by atoms with Gasteiger partial charge in [0.2, 0.25) is 0 Å². The first-order valence-corrected chi connectivity index (χ1v) is 10.9. The third kappa shape index (κ3) is 4.22. The number of amides is 2. The summed E-state index contributed by atoms with van der Waals surface area (Å²) < 4.78 is 0. The smallest absolute Gasteiger partial charge is 0.278 e. The van der Waals surface area contributed by atoms with Crippen molar-refractivity contribution in [2.75, 3.05) is 11.9 Å². The fourth-order valence-corrected chi connectivity index (χ4v) is 4.21. The van der Waals surface area contributed by atoms with E-state index in [0.29, 0.717) is 24.2 Å². The molecule has 4 heteroatoms. The number of imide groups is 1. The maximum absolute atomic E-state index is 13.5. The molecule has 0 aliphatic carbocycles. The van der Waals surface area contributed by atoms with Crippen LogP contribution in [-0.4, -0.2) is 23.3 Å². The monoisotopic (exact) mass is 424 g/mol. The van der Waals surface area contributed by atoms with E-state index in [4.69, 9.17) is 0 Å². The number of carbonyl (C=O) groups excluding carboxylic acids is 2. The van der Waals surface area contributed by atoms with Crippen molar-refractivity contribution in [2.24, 2.45) is 0 Å². The van der Waals surface area contributed by atoms with Crippen LogP contribution < -0.4 is 5.32 Å². The lowest BCUT2D eigenvalue weighted by atomic mass is 9.97. The predicted octanol–water partition coefficient (Wildman–Crippen LogP) is 5.35. The molecule has 0 bridgehead atoms. The maximum atomic E-state index is 13.5. The van der Waals surface area contributed by atoms with Crippen LogP contribution >= 0.6 is 0 Å². The quantitative estimate of drug-likeness (QED) is 0.542. The average molecular weight is 425 g/mol. The van der Waals surface area contributed by atoms with Crippen LogP contribution in [0.2, 0.25) is 0 Å². The zero-order valence-electron chi connectivity index (χ0n) is 19.0. The van der Waals surface area contributed by atoms with E-state index >= 15 is 0 Å². The number of nitrogens with one attached hydrogen (secondary N) is 1. The Balaban J connectivity index is 1.73. The summed E-state index contributed by atoms with van der Waals surface area (Å²) >= 11 is 0. The summed E-state index contributed by atoms with van der Waals surface area (Å²) in [7, 11) is 0. The minimum atomic E-state index is -0.277. The number of rotatable bonds is 6. The summed E-state index contributed by atoms with van der Waals surface area (Å²) in [6.07, 6.45) is 0.620. The molecule has 0 atom stereocenters. The van der Waals surface area contributed by atoms with Crippen LogP contribution in [0, 0.1) is 27.7 Å². The van der Waals surface area contributed by atoms with E-state index in [1.54, 1.807) is 0 Å². The van der Waals surface area contributed by atoms with Crippen molar-refractivity contribution in [1.29, 1.82) is 0 Å². The molecule has 0 aromatic heterocycles. The first kappa shape index (κ1) is 21.6. The summed E-state index contributed by atoms with van der Waals surface area (Å²) in [6.45, 7) is 8.38. The highest BCUT2D eigenvalue weighted by Crippen LogP contribution is 2.33. The van der Waals surface area contributed by atoms with Gasteiger partial charge in [-0.15, -0.1) is 0 Å². The number of nitrogens with zero attached hydrogens (tertiary/aromatic N) is 1. The molecule has 4 nitrogen and oxygen atoms in total. The highest BCUT2D eigenvalue weighted by Gasteiger charge is 2.39. The molecule has 3 aromatic rings. The van der Waals surface area contributed by atoms with Crippen LogP contribution in [0.4, 0.5) is 5.69 Å². The summed E-state index contributed by atoms with van der Waals surface area (Å²) in [6, 6.07) is 21.9. The van der Waals surface area contributed by atoms with Crippen LogP contribution in [0.15, 0.2) is 72.4 Å². The number of aryl methyl sites for hydroxylation is 4. The second-order valence-electron chi connectivity index (χ2n) is 8.51. The van der Waals surface area contributed by atoms with Crippen molar-refractivity contribution in [3.05, 3.63) is 106 Å². The van der Waals surface area contributed by atoms with Crippen molar-refractivity contribution in [3.63, 3.8) is 0 Å². The normalized spacial score (nSPS) is 13.8. The van der Waals surface area contributed by atoms with Crippen LogP contribution in [-0.2, 0) is 16.0 Å². The molecular formula is C28H28N2O2. The van der Waals surface area contributed by atoms with Gasteiger partial charge in [0, 0.05) is 12.2 Å². The van der Waals surface area contributed by atoms with E-state index < -0.39 is 0 Å². The highest BCUT2D eigenvalue weighted by molar-refractivity contribution is 6.36. The second kappa shape index (κ2) is 8.83. The minimum Gasteiger partial charge on any atom is -0.350 e. The van der Waals surface area contributed by atoms with E-state index in [-0.39, 0.29) is 11.8 Å². The number of hydrogen-bond donors (Lipinski definition) is 1. The van der Waals surface area contributed by atoms with Crippen LogP contribution in [0.25, 0.3) is 5.57 Å². The molecule has 0 fully saturated rings. The summed E-state index contributed by atoms with van der Waals surface area (Å²) in [5, 5.41) is 3.30. The zero-order valence-corrected chi connectivity index (χ0v) is 19.0. The van der Waals surface area contributed by atoms with Crippen molar-refractivity contribution in [3.8, 4) is 0 Å². The molecule has 1 aliphatic rings. The van der Waals surface area contributed by atoms with E-state index in [9.17, 15) is 9.59 Å². The molecule has 0 saturated carbocycles. The molecule has 0 spiro atoms. The Hall–Kier alpha value is -3.66.